The average Bonchev–Trinajstić information content (AvgIpc) is 2.26. The molecule has 0 radical (unpaired) electrons. The standard InChI is InChI=1S/C12H13ClF2N2O.ClH/c13-10-3-1-2-9(4-10)12(14,15)11(18)17-7-8-5-16-6-8;/h1-4,8,16H,5-7H2,(H,17,18);1H. The molecule has 0 aromatic heterocycles. The second-order valence-corrected chi connectivity index (χ2v) is 4.76. The molecule has 1 amide bonds. The van der Waals surface area contributed by atoms with Crippen LogP contribution in [0.2, 0.25) is 5.02 Å². The van der Waals surface area contributed by atoms with E-state index in [4.69, 9.17) is 11.6 Å². The Labute approximate surface area is 121 Å². The molecule has 1 aromatic carbocycles. The highest BCUT2D eigenvalue weighted by molar-refractivity contribution is 6.30. The molecule has 0 spiro atoms. The average molecular weight is 311 g/mol. The molecule has 1 saturated heterocycles. The van der Waals surface area contributed by atoms with Gasteiger partial charge in [0, 0.05) is 36.1 Å². The molecule has 1 aliphatic heterocycles. The number of rotatable bonds is 4. The van der Waals surface area contributed by atoms with Crippen molar-refractivity contribution in [3.8, 4) is 0 Å². The van der Waals surface area contributed by atoms with E-state index in [1.165, 1.54) is 18.2 Å². The summed E-state index contributed by atoms with van der Waals surface area (Å²) in [4.78, 5) is 11.5. The molecule has 0 saturated carbocycles. The van der Waals surface area contributed by atoms with E-state index >= 15 is 0 Å². The second-order valence-electron chi connectivity index (χ2n) is 4.32. The molecule has 0 unspecified atom stereocenters. The number of amides is 1. The van der Waals surface area contributed by atoms with Crippen LogP contribution in [0.4, 0.5) is 8.78 Å². The number of hydrogen-bond acceptors (Lipinski definition) is 2. The number of alkyl halides is 2. The van der Waals surface area contributed by atoms with E-state index in [1.807, 2.05) is 0 Å². The van der Waals surface area contributed by atoms with Crippen LogP contribution in [0.25, 0.3) is 0 Å². The third-order valence-corrected chi connectivity index (χ3v) is 3.12. The minimum Gasteiger partial charge on any atom is -0.350 e. The molecule has 19 heavy (non-hydrogen) atoms. The highest BCUT2D eigenvalue weighted by Crippen LogP contribution is 2.29. The first-order valence-electron chi connectivity index (χ1n) is 5.63. The minimum atomic E-state index is -3.55. The Morgan fingerprint density at radius 1 is 1.47 bits per heavy atom. The minimum absolute atomic E-state index is 0. The van der Waals surface area contributed by atoms with Crippen LogP contribution in [0.1, 0.15) is 5.56 Å². The van der Waals surface area contributed by atoms with Gasteiger partial charge in [0.25, 0.3) is 5.91 Å². The van der Waals surface area contributed by atoms with Gasteiger partial charge >= 0.3 is 5.92 Å². The lowest BCUT2D eigenvalue weighted by Crippen LogP contribution is -2.50. The first kappa shape index (κ1) is 16.1. The molecule has 106 valence electrons. The first-order valence-corrected chi connectivity index (χ1v) is 6.01. The first-order chi connectivity index (χ1) is 8.50. The summed E-state index contributed by atoms with van der Waals surface area (Å²) in [6.07, 6.45) is 0. The molecular weight excluding hydrogens is 297 g/mol. The van der Waals surface area contributed by atoms with Gasteiger partial charge < -0.3 is 10.6 Å². The van der Waals surface area contributed by atoms with Gasteiger partial charge in [0.05, 0.1) is 0 Å². The number of carbonyl (C=O) groups is 1. The maximum absolute atomic E-state index is 13.8. The summed E-state index contributed by atoms with van der Waals surface area (Å²) in [5.74, 6) is -4.59. The summed E-state index contributed by atoms with van der Waals surface area (Å²) in [5, 5.41) is 5.46. The van der Waals surface area contributed by atoms with Crippen molar-refractivity contribution < 1.29 is 13.6 Å². The van der Waals surface area contributed by atoms with E-state index in [0.717, 1.165) is 19.2 Å². The van der Waals surface area contributed by atoms with Crippen molar-refractivity contribution >= 4 is 29.9 Å². The van der Waals surface area contributed by atoms with E-state index < -0.39 is 11.8 Å². The molecular formula is C12H14Cl2F2N2O. The van der Waals surface area contributed by atoms with Gasteiger partial charge in [-0.1, -0.05) is 23.7 Å². The summed E-state index contributed by atoms with van der Waals surface area (Å²) in [7, 11) is 0. The van der Waals surface area contributed by atoms with Crippen LogP contribution in [-0.2, 0) is 10.7 Å². The molecule has 2 rings (SSSR count). The van der Waals surface area contributed by atoms with Crippen molar-refractivity contribution in [2.24, 2.45) is 5.92 Å². The van der Waals surface area contributed by atoms with Crippen molar-refractivity contribution in [1.82, 2.24) is 10.6 Å². The van der Waals surface area contributed by atoms with E-state index in [1.54, 1.807) is 0 Å². The fourth-order valence-electron chi connectivity index (χ4n) is 1.66. The van der Waals surface area contributed by atoms with E-state index in [2.05, 4.69) is 10.6 Å². The van der Waals surface area contributed by atoms with Crippen molar-refractivity contribution in [2.45, 2.75) is 5.92 Å². The maximum Gasteiger partial charge on any atom is 0.349 e. The lowest BCUT2D eigenvalue weighted by atomic mass is 10.0. The lowest BCUT2D eigenvalue weighted by molar-refractivity contribution is -0.147. The van der Waals surface area contributed by atoms with Gasteiger partial charge in [0.1, 0.15) is 0 Å². The largest absolute Gasteiger partial charge is 0.350 e. The van der Waals surface area contributed by atoms with Crippen molar-refractivity contribution in [3.63, 3.8) is 0 Å². The van der Waals surface area contributed by atoms with Crippen molar-refractivity contribution in [1.29, 1.82) is 0 Å². The highest BCUT2D eigenvalue weighted by atomic mass is 35.5. The zero-order valence-corrected chi connectivity index (χ0v) is 11.5. The Hall–Kier alpha value is -0.910. The maximum atomic E-state index is 13.8. The highest BCUT2D eigenvalue weighted by Gasteiger charge is 2.41. The topological polar surface area (TPSA) is 41.1 Å². The summed E-state index contributed by atoms with van der Waals surface area (Å²) >= 11 is 5.64. The van der Waals surface area contributed by atoms with Crippen LogP contribution in [0.15, 0.2) is 24.3 Å². The van der Waals surface area contributed by atoms with E-state index in [-0.39, 0.29) is 35.5 Å². The van der Waals surface area contributed by atoms with E-state index in [9.17, 15) is 13.6 Å². The number of hydrogen-bond donors (Lipinski definition) is 2. The Bertz CT molecular complexity index is 453. The third kappa shape index (κ3) is 3.78. The van der Waals surface area contributed by atoms with Crippen LogP contribution >= 0.6 is 24.0 Å². The van der Waals surface area contributed by atoms with Gasteiger partial charge in [-0.05, 0) is 12.1 Å². The summed E-state index contributed by atoms with van der Waals surface area (Å²) in [6.45, 7) is 1.77. The van der Waals surface area contributed by atoms with E-state index in [0.29, 0.717) is 0 Å². The molecule has 3 nitrogen and oxygen atoms in total. The van der Waals surface area contributed by atoms with Crippen LogP contribution in [0, 0.1) is 5.92 Å². The van der Waals surface area contributed by atoms with Gasteiger partial charge in [0.15, 0.2) is 0 Å². The zero-order valence-electron chi connectivity index (χ0n) is 9.96. The van der Waals surface area contributed by atoms with Gasteiger partial charge in [-0.15, -0.1) is 12.4 Å². The van der Waals surface area contributed by atoms with Crippen LogP contribution in [0.3, 0.4) is 0 Å². The second kappa shape index (κ2) is 6.50. The van der Waals surface area contributed by atoms with Gasteiger partial charge in [0.2, 0.25) is 0 Å². The van der Waals surface area contributed by atoms with Crippen molar-refractivity contribution in [2.75, 3.05) is 19.6 Å². The fraction of sp³-hybridized carbons (Fsp3) is 0.417. The Morgan fingerprint density at radius 2 is 2.16 bits per heavy atom. The Morgan fingerprint density at radius 3 is 2.68 bits per heavy atom. The Balaban J connectivity index is 0.00000180. The predicted molar refractivity (Wildman–Crippen MR) is 72.0 cm³/mol. The smallest absolute Gasteiger partial charge is 0.349 e. The molecule has 2 N–H and O–H groups in total. The molecule has 0 atom stereocenters. The van der Waals surface area contributed by atoms with Gasteiger partial charge in [-0.2, -0.15) is 8.78 Å². The van der Waals surface area contributed by atoms with Crippen LogP contribution in [-0.4, -0.2) is 25.5 Å². The monoisotopic (exact) mass is 310 g/mol. The summed E-state index contributed by atoms with van der Waals surface area (Å²) in [5.41, 5.74) is -0.390. The molecule has 1 aromatic rings. The normalized spacial score (nSPS) is 15.3. The number of carbonyl (C=O) groups excluding carboxylic acids is 1. The summed E-state index contributed by atoms with van der Waals surface area (Å²) < 4.78 is 27.6. The number of benzene rings is 1. The fourth-order valence-corrected chi connectivity index (χ4v) is 1.85. The SMILES string of the molecule is Cl.O=C(NCC1CNC1)C(F)(F)c1cccc(Cl)c1. The van der Waals surface area contributed by atoms with Gasteiger partial charge in [-0.25, -0.2) is 0 Å². The molecule has 0 aliphatic carbocycles. The third-order valence-electron chi connectivity index (χ3n) is 2.89. The predicted octanol–water partition coefficient (Wildman–Crippen LogP) is 2.19. The molecule has 1 fully saturated rings. The Kier molecular flexibility index (Phi) is 5.52. The molecule has 1 aliphatic rings. The molecule has 1 heterocycles. The zero-order chi connectivity index (χ0) is 13.2. The quantitative estimate of drug-likeness (QED) is 0.895. The number of halogens is 4. The van der Waals surface area contributed by atoms with Crippen LogP contribution < -0.4 is 10.6 Å². The van der Waals surface area contributed by atoms with Gasteiger partial charge in [-0.3, -0.25) is 4.79 Å². The van der Waals surface area contributed by atoms with Crippen molar-refractivity contribution in [3.05, 3.63) is 34.9 Å². The van der Waals surface area contributed by atoms with Crippen LogP contribution in [0.5, 0.6) is 0 Å². The molecule has 7 heteroatoms. The molecule has 0 bridgehead atoms. The summed E-state index contributed by atoms with van der Waals surface area (Å²) in [6, 6.07) is 5.18. The number of nitrogens with one attached hydrogen (secondary N) is 2. The lowest BCUT2D eigenvalue weighted by Gasteiger charge is -2.28.